The maximum atomic E-state index is 11.8. The fraction of sp³-hybridized carbons (Fsp3) is 0.296. The molecule has 0 heterocycles. The van der Waals surface area contributed by atoms with E-state index in [9.17, 15) is 9.90 Å². The van der Waals surface area contributed by atoms with Crippen LogP contribution in [0.3, 0.4) is 0 Å². The predicted molar refractivity (Wildman–Crippen MR) is 140 cm³/mol. The van der Waals surface area contributed by atoms with Gasteiger partial charge in [-0.2, -0.15) is 0 Å². The number of nitrogens with zero attached hydrogens (tertiary/aromatic N) is 1. The largest absolute Gasteiger partial charge is 0.481 e. The van der Waals surface area contributed by atoms with Crippen LogP contribution in [0.2, 0.25) is 0 Å². The van der Waals surface area contributed by atoms with Crippen molar-refractivity contribution in [2.24, 2.45) is 0 Å². The van der Waals surface area contributed by atoms with Gasteiger partial charge in [0.1, 0.15) is 0 Å². The molecular formula is C27H32BrN3O2. The Kier molecular flexibility index (Phi) is 8.16. The highest BCUT2D eigenvalue weighted by molar-refractivity contribution is 9.10. The Morgan fingerprint density at radius 3 is 2.55 bits per heavy atom. The first-order valence-corrected chi connectivity index (χ1v) is 11.8. The molecule has 0 fully saturated rings. The molecule has 0 aromatic heterocycles. The molecule has 0 saturated heterocycles. The number of carboxylic acids is 1. The number of nitrogens with one attached hydrogen (secondary N) is 1. The molecule has 0 saturated carbocycles. The third kappa shape index (κ3) is 6.15. The van der Waals surface area contributed by atoms with Gasteiger partial charge >= 0.3 is 5.97 Å². The highest BCUT2D eigenvalue weighted by atomic mass is 79.9. The highest BCUT2D eigenvalue weighted by Crippen LogP contribution is 2.36. The Balaban J connectivity index is 1.92. The number of nitrogens with two attached hydrogens (primary N) is 1. The van der Waals surface area contributed by atoms with Crippen molar-refractivity contribution >= 4 is 33.3 Å². The number of aliphatic carboxylic acids is 1. The van der Waals surface area contributed by atoms with Gasteiger partial charge < -0.3 is 16.2 Å². The zero-order valence-electron chi connectivity index (χ0n) is 19.7. The summed E-state index contributed by atoms with van der Waals surface area (Å²) in [6.45, 7) is 5.65. The SMILES string of the molecule is CNc1ccc(C(CC(=O)O)c2ccc(C)c(CN(C)Cc3cccc(Br)c3)c2)c(C)c1N. The third-order valence-corrected chi connectivity index (χ3v) is 6.63. The summed E-state index contributed by atoms with van der Waals surface area (Å²) in [7, 11) is 3.93. The summed E-state index contributed by atoms with van der Waals surface area (Å²) in [6.07, 6.45) is 0.00949. The van der Waals surface area contributed by atoms with E-state index in [2.05, 4.69) is 64.4 Å². The number of nitrogen functional groups attached to an aromatic ring is 1. The molecule has 3 aromatic rings. The van der Waals surface area contributed by atoms with Crippen LogP contribution >= 0.6 is 15.9 Å². The lowest BCUT2D eigenvalue weighted by molar-refractivity contribution is -0.137. The van der Waals surface area contributed by atoms with Crippen molar-refractivity contribution in [3.05, 3.63) is 92.5 Å². The Morgan fingerprint density at radius 1 is 1.12 bits per heavy atom. The number of aryl methyl sites for hydroxylation is 1. The zero-order chi connectivity index (χ0) is 24.1. The summed E-state index contributed by atoms with van der Waals surface area (Å²) in [4.78, 5) is 14.0. The minimum atomic E-state index is -0.829. The molecule has 0 spiro atoms. The number of hydrogen-bond donors (Lipinski definition) is 3. The van der Waals surface area contributed by atoms with Crippen LogP contribution in [0.25, 0.3) is 0 Å². The van der Waals surface area contributed by atoms with Crippen molar-refractivity contribution in [1.82, 2.24) is 4.90 Å². The Labute approximate surface area is 204 Å². The van der Waals surface area contributed by atoms with Crippen LogP contribution in [0.15, 0.2) is 59.1 Å². The lowest BCUT2D eigenvalue weighted by Crippen LogP contribution is -2.18. The molecule has 0 bridgehead atoms. The fourth-order valence-corrected chi connectivity index (χ4v) is 4.74. The molecule has 3 rings (SSSR count). The van der Waals surface area contributed by atoms with Crippen LogP contribution in [0, 0.1) is 13.8 Å². The normalized spacial score (nSPS) is 12.1. The van der Waals surface area contributed by atoms with E-state index in [1.807, 2.05) is 44.3 Å². The van der Waals surface area contributed by atoms with Gasteiger partial charge in [-0.25, -0.2) is 0 Å². The van der Waals surface area contributed by atoms with E-state index in [1.54, 1.807) is 0 Å². The van der Waals surface area contributed by atoms with Crippen LogP contribution in [0.4, 0.5) is 11.4 Å². The molecule has 0 aliphatic rings. The van der Waals surface area contributed by atoms with E-state index in [0.717, 1.165) is 39.9 Å². The molecule has 4 N–H and O–H groups in total. The summed E-state index contributed by atoms with van der Waals surface area (Å²) in [5.41, 5.74) is 14.3. The van der Waals surface area contributed by atoms with Gasteiger partial charge in [0.15, 0.2) is 0 Å². The molecule has 0 aliphatic heterocycles. The molecule has 0 aliphatic carbocycles. The highest BCUT2D eigenvalue weighted by Gasteiger charge is 2.22. The summed E-state index contributed by atoms with van der Waals surface area (Å²) in [5, 5.41) is 12.8. The predicted octanol–water partition coefficient (Wildman–Crippen LogP) is 5.93. The van der Waals surface area contributed by atoms with Gasteiger partial charge in [0.05, 0.1) is 17.8 Å². The minimum absolute atomic E-state index is 0.00949. The van der Waals surface area contributed by atoms with Gasteiger partial charge in [-0.1, -0.05) is 52.3 Å². The topological polar surface area (TPSA) is 78.6 Å². The number of halogens is 1. The monoisotopic (exact) mass is 509 g/mol. The van der Waals surface area contributed by atoms with Crippen molar-refractivity contribution in [3.63, 3.8) is 0 Å². The van der Waals surface area contributed by atoms with E-state index < -0.39 is 5.97 Å². The molecule has 1 atom stereocenters. The molecule has 174 valence electrons. The summed E-state index contributed by atoms with van der Waals surface area (Å²) in [6, 6.07) is 18.5. The molecular weight excluding hydrogens is 478 g/mol. The van der Waals surface area contributed by atoms with E-state index in [4.69, 9.17) is 5.73 Å². The Morgan fingerprint density at radius 2 is 1.88 bits per heavy atom. The molecule has 33 heavy (non-hydrogen) atoms. The maximum Gasteiger partial charge on any atom is 0.304 e. The maximum absolute atomic E-state index is 11.8. The Hall–Kier alpha value is -2.83. The van der Waals surface area contributed by atoms with Crippen LogP contribution in [-0.2, 0) is 17.9 Å². The van der Waals surface area contributed by atoms with Crippen LogP contribution in [0.1, 0.15) is 45.7 Å². The van der Waals surface area contributed by atoms with Gasteiger partial charge in [-0.3, -0.25) is 9.69 Å². The smallest absolute Gasteiger partial charge is 0.304 e. The minimum Gasteiger partial charge on any atom is -0.481 e. The van der Waals surface area contributed by atoms with Crippen LogP contribution in [0.5, 0.6) is 0 Å². The quantitative estimate of drug-likeness (QED) is 0.311. The molecule has 6 heteroatoms. The second-order valence-electron chi connectivity index (χ2n) is 8.63. The molecule has 5 nitrogen and oxygen atoms in total. The van der Waals surface area contributed by atoms with Gasteiger partial charge in [0.2, 0.25) is 0 Å². The third-order valence-electron chi connectivity index (χ3n) is 6.14. The first-order valence-electron chi connectivity index (χ1n) is 11.0. The molecule has 0 radical (unpaired) electrons. The summed E-state index contributed by atoms with van der Waals surface area (Å²) in [5.74, 6) is -1.10. The van der Waals surface area contributed by atoms with Crippen LogP contribution in [-0.4, -0.2) is 30.1 Å². The number of hydrogen-bond acceptors (Lipinski definition) is 4. The van der Waals surface area contributed by atoms with E-state index >= 15 is 0 Å². The second-order valence-corrected chi connectivity index (χ2v) is 9.55. The number of rotatable bonds is 9. The molecule has 3 aromatic carbocycles. The van der Waals surface area contributed by atoms with Gasteiger partial charge in [0.25, 0.3) is 0 Å². The van der Waals surface area contributed by atoms with E-state index in [0.29, 0.717) is 5.69 Å². The van der Waals surface area contributed by atoms with E-state index in [1.165, 1.54) is 16.7 Å². The first-order chi connectivity index (χ1) is 15.7. The number of carboxylic acid groups (broad SMARTS) is 1. The van der Waals surface area contributed by atoms with Crippen LogP contribution < -0.4 is 11.1 Å². The standard InChI is InChI=1S/C27H32BrN3O2/c1-17-8-9-20(13-21(17)16-31(4)15-19-6-5-7-22(28)12-19)24(14-26(32)33)23-10-11-25(30-3)27(29)18(23)2/h5-13,24,30H,14-16,29H2,1-4H3,(H,32,33). The van der Waals surface area contributed by atoms with Gasteiger partial charge in [-0.05, 0) is 72.5 Å². The number of anilines is 2. The number of carbonyl (C=O) groups is 1. The second kappa shape index (κ2) is 10.9. The summed E-state index contributed by atoms with van der Waals surface area (Å²) >= 11 is 3.54. The van der Waals surface area contributed by atoms with Gasteiger partial charge in [0, 0.05) is 30.5 Å². The lowest BCUT2D eigenvalue weighted by Gasteiger charge is -2.23. The summed E-state index contributed by atoms with van der Waals surface area (Å²) < 4.78 is 1.07. The first kappa shape index (κ1) is 24.8. The zero-order valence-corrected chi connectivity index (χ0v) is 21.2. The molecule has 0 amide bonds. The average Bonchev–Trinajstić information content (AvgIpc) is 2.75. The van der Waals surface area contributed by atoms with Crippen molar-refractivity contribution in [2.75, 3.05) is 25.1 Å². The van der Waals surface area contributed by atoms with Gasteiger partial charge in [-0.15, -0.1) is 0 Å². The van der Waals surface area contributed by atoms with Crippen molar-refractivity contribution in [1.29, 1.82) is 0 Å². The molecule has 1 unspecified atom stereocenters. The average molecular weight is 510 g/mol. The van der Waals surface area contributed by atoms with Crippen molar-refractivity contribution in [2.45, 2.75) is 39.3 Å². The van der Waals surface area contributed by atoms with Crippen molar-refractivity contribution < 1.29 is 9.90 Å². The van der Waals surface area contributed by atoms with E-state index in [-0.39, 0.29) is 12.3 Å². The fourth-order valence-electron chi connectivity index (χ4n) is 4.30. The lowest BCUT2D eigenvalue weighted by atomic mass is 9.84. The Bertz CT molecular complexity index is 1150. The van der Waals surface area contributed by atoms with Crippen molar-refractivity contribution in [3.8, 4) is 0 Å². The number of benzene rings is 3.